The zero-order chi connectivity index (χ0) is 28.5. The van der Waals surface area contributed by atoms with Crippen molar-refractivity contribution in [1.82, 2.24) is 0 Å². The van der Waals surface area contributed by atoms with Gasteiger partial charge in [0, 0.05) is 12.2 Å². The predicted molar refractivity (Wildman–Crippen MR) is 146 cm³/mol. The number of hydrogen-bond acceptors (Lipinski definition) is 6. The SMILES string of the molecule is CCCCOC(=O)C=C(c1ccc(C(=CC(=O)OCCCC)C(CCC)C(=O)O)cc1)C(CCC)C(=O)O. The summed E-state index contributed by atoms with van der Waals surface area (Å²) in [7, 11) is 0. The van der Waals surface area contributed by atoms with E-state index >= 15 is 0 Å². The highest BCUT2D eigenvalue weighted by Gasteiger charge is 2.26. The molecule has 0 amide bonds. The van der Waals surface area contributed by atoms with Crippen LogP contribution in [0.5, 0.6) is 0 Å². The van der Waals surface area contributed by atoms with Crippen LogP contribution in [0.1, 0.15) is 90.2 Å². The molecular formula is C30H42O8. The van der Waals surface area contributed by atoms with Crippen LogP contribution in [-0.2, 0) is 28.7 Å². The molecule has 0 aromatic heterocycles. The van der Waals surface area contributed by atoms with Gasteiger partial charge in [-0.3, -0.25) is 9.59 Å². The normalized spacial score (nSPS) is 13.5. The van der Waals surface area contributed by atoms with Crippen molar-refractivity contribution in [1.29, 1.82) is 0 Å². The van der Waals surface area contributed by atoms with Gasteiger partial charge in [0.2, 0.25) is 0 Å². The summed E-state index contributed by atoms with van der Waals surface area (Å²) in [5, 5.41) is 19.7. The van der Waals surface area contributed by atoms with Crippen molar-refractivity contribution in [3.63, 3.8) is 0 Å². The van der Waals surface area contributed by atoms with E-state index in [2.05, 4.69) is 0 Å². The lowest BCUT2D eigenvalue weighted by atomic mass is 9.85. The Morgan fingerprint density at radius 3 is 1.26 bits per heavy atom. The van der Waals surface area contributed by atoms with Gasteiger partial charge in [0.1, 0.15) is 0 Å². The van der Waals surface area contributed by atoms with Gasteiger partial charge in [0.25, 0.3) is 0 Å². The van der Waals surface area contributed by atoms with Crippen LogP contribution in [0.25, 0.3) is 11.1 Å². The maximum Gasteiger partial charge on any atom is 0.331 e. The molecule has 0 aliphatic heterocycles. The standard InChI is InChI=1S/C30H42O8/c1-5-9-17-37-27(31)19-25(23(11-7-3)29(33)34)21-13-15-22(16-14-21)26(24(12-8-4)30(35)36)20-28(32)38-18-10-6-2/h13-16,19-20,23-24H,5-12,17-18H2,1-4H3,(H,33,34)(H,35,36). The fourth-order valence-corrected chi connectivity index (χ4v) is 4.00. The number of ether oxygens (including phenoxy) is 2. The van der Waals surface area contributed by atoms with Gasteiger partial charge >= 0.3 is 23.9 Å². The number of hydrogen-bond donors (Lipinski definition) is 2. The van der Waals surface area contributed by atoms with Crippen LogP contribution in [-0.4, -0.2) is 47.3 Å². The third-order valence-corrected chi connectivity index (χ3v) is 6.08. The number of benzene rings is 1. The first-order chi connectivity index (χ1) is 18.2. The van der Waals surface area contributed by atoms with E-state index in [1.165, 1.54) is 12.2 Å². The molecule has 8 heteroatoms. The van der Waals surface area contributed by atoms with Crippen LogP contribution in [0.3, 0.4) is 0 Å². The van der Waals surface area contributed by atoms with Gasteiger partial charge in [-0.1, -0.05) is 77.6 Å². The number of esters is 2. The van der Waals surface area contributed by atoms with E-state index in [1.54, 1.807) is 24.3 Å². The molecule has 2 atom stereocenters. The summed E-state index contributed by atoms with van der Waals surface area (Å²) >= 11 is 0. The molecule has 0 heterocycles. The van der Waals surface area contributed by atoms with Gasteiger partial charge in [0.05, 0.1) is 25.0 Å². The summed E-state index contributed by atoms with van der Waals surface area (Å²) in [6, 6.07) is 6.58. The van der Waals surface area contributed by atoms with E-state index in [0.717, 1.165) is 12.8 Å². The lowest BCUT2D eigenvalue weighted by molar-refractivity contribution is -0.141. The number of carbonyl (C=O) groups excluding carboxylic acids is 2. The Balaban J connectivity index is 3.50. The monoisotopic (exact) mass is 530 g/mol. The molecule has 2 N–H and O–H groups in total. The topological polar surface area (TPSA) is 127 Å². The Morgan fingerprint density at radius 2 is 1.00 bits per heavy atom. The molecule has 0 bridgehead atoms. The highest BCUT2D eigenvalue weighted by molar-refractivity contribution is 5.99. The zero-order valence-corrected chi connectivity index (χ0v) is 23.0. The second-order valence-electron chi connectivity index (χ2n) is 9.18. The van der Waals surface area contributed by atoms with Gasteiger partial charge < -0.3 is 19.7 Å². The summed E-state index contributed by atoms with van der Waals surface area (Å²) in [6.45, 7) is 8.18. The number of unbranched alkanes of at least 4 members (excludes halogenated alkanes) is 2. The summed E-state index contributed by atoms with van der Waals surface area (Å²) in [5.74, 6) is -5.14. The number of rotatable bonds is 18. The van der Waals surface area contributed by atoms with E-state index in [9.17, 15) is 29.4 Å². The van der Waals surface area contributed by atoms with E-state index in [-0.39, 0.29) is 13.2 Å². The molecule has 0 fully saturated rings. The first-order valence-corrected chi connectivity index (χ1v) is 13.5. The number of carbonyl (C=O) groups is 4. The number of aliphatic carboxylic acids is 2. The minimum atomic E-state index is -1.05. The molecule has 1 aromatic rings. The summed E-state index contributed by atoms with van der Waals surface area (Å²) in [5.41, 5.74) is 1.66. The van der Waals surface area contributed by atoms with Gasteiger partial charge in [-0.25, -0.2) is 9.59 Å². The fraction of sp³-hybridized carbons (Fsp3) is 0.533. The number of carboxylic acids is 2. The molecule has 210 valence electrons. The molecule has 0 saturated heterocycles. The third kappa shape index (κ3) is 10.9. The molecule has 1 aromatic carbocycles. The molecule has 0 spiro atoms. The van der Waals surface area contributed by atoms with E-state index < -0.39 is 35.7 Å². The highest BCUT2D eigenvalue weighted by atomic mass is 16.5. The van der Waals surface area contributed by atoms with Crippen LogP contribution in [0.15, 0.2) is 36.4 Å². The van der Waals surface area contributed by atoms with Crippen LogP contribution >= 0.6 is 0 Å². The Bertz CT molecular complexity index is 895. The van der Waals surface area contributed by atoms with Gasteiger partial charge in [-0.05, 0) is 48.0 Å². The maximum absolute atomic E-state index is 12.5. The zero-order valence-electron chi connectivity index (χ0n) is 23.0. The largest absolute Gasteiger partial charge is 0.481 e. The fourth-order valence-electron chi connectivity index (χ4n) is 4.00. The first kappa shape index (κ1) is 32.6. The van der Waals surface area contributed by atoms with Crippen molar-refractivity contribution in [2.45, 2.75) is 79.1 Å². The first-order valence-electron chi connectivity index (χ1n) is 13.5. The Hall–Kier alpha value is -3.42. The molecule has 0 aliphatic rings. The molecular weight excluding hydrogens is 488 g/mol. The van der Waals surface area contributed by atoms with E-state index in [1.807, 2.05) is 27.7 Å². The number of carboxylic acid groups (broad SMARTS) is 2. The molecule has 8 nitrogen and oxygen atoms in total. The van der Waals surface area contributed by atoms with Crippen molar-refractivity contribution < 1.29 is 38.9 Å². The molecule has 0 aliphatic carbocycles. The highest BCUT2D eigenvalue weighted by Crippen LogP contribution is 2.32. The van der Waals surface area contributed by atoms with E-state index in [0.29, 0.717) is 60.8 Å². The van der Waals surface area contributed by atoms with Gasteiger partial charge in [0.15, 0.2) is 0 Å². The third-order valence-electron chi connectivity index (χ3n) is 6.08. The summed E-state index contributed by atoms with van der Waals surface area (Å²) in [6.07, 6.45) is 7.46. The average Bonchev–Trinajstić information content (AvgIpc) is 2.88. The van der Waals surface area contributed by atoms with Crippen molar-refractivity contribution in [3.05, 3.63) is 47.5 Å². The second kappa shape index (κ2) is 17.9. The van der Waals surface area contributed by atoms with Crippen molar-refractivity contribution >= 4 is 35.0 Å². The lowest BCUT2D eigenvalue weighted by Crippen LogP contribution is -2.18. The average molecular weight is 531 g/mol. The van der Waals surface area contributed by atoms with Crippen molar-refractivity contribution in [3.8, 4) is 0 Å². The lowest BCUT2D eigenvalue weighted by Gasteiger charge is -2.19. The summed E-state index contributed by atoms with van der Waals surface area (Å²) in [4.78, 5) is 49.0. The van der Waals surface area contributed by atoms with Crippen molar-refractivity contribution in [2.75, 3.05) is 13.2 Å². The molecule has 38 heavy (non-hydrogen) atoms. The molecule has 0 radical (unpaired) electrons. The van der Waals surface area contributed by atoms with Crippen LogP contribution in [0.2, 0.25) is 0 Å². The Labute approximate surface area is 225 Å². The quantitative estimate of drug-likeness (QED) is 0.132. The van der Waals surface area contributed by atoms with Gasteiger partial charge in [-0.2, -0.15) is 0 Å². The molecule has 0 saturated carbocycles. The predicted octanol–water partition coefficient (Wildman–Crippen LogP) is 6.14. The minimum Gasteiger partial charge on any atom is -0.481 e. The maximum atomic E-state index is 12.5. The van der Waals surface area contributed by atoms with Crippen LogP contribution < -0.4 is 0 Å². The Morgan fingerprint density at radius 1 is 0.658 bits per heavy atom. The second-order valence-corrected chi connectivity index (χ2v) is 9.18. The minimum absolute atomic E-state index is 0.250. The van der Waals surface area contributed by atoms with Crippen LogP contribution in [0.4, 0.5) is 0 Å². The van der Waals surface area contributed by atoms with Crippen molar-refractivity contribution in [2.24, 2.45) is 11.8 Å². The smallest absolute Gasteiger partial charge is 0.331 e. The molecule has 2 unspecified atom stereocenters. The van der Waals surface area contributed by atoms with Gasteiger partial charge in [-0.15, -0.1) is 0 Å². The molecule has 1 rings (SSSR count). The summed E-state index contributed by atoms with van der Waals surface area (Å²) < 4.78 is 10.5. The van der Waals surface area contributed by atoms with Crippen LogP contribution in [0, 0.1) is 11.8 Å². The Kier molecular flexibility index (Phi) is 15.4. The van der Waals surface area contributed by atoms with E-state index in [4.69, 9.17) is 9.47 Å².